The van der Waals surface area contributed by atoms with Gasteiger partial charge in [0.1, 0.15) is 17.0 Å². The average molecular weight is 450 g/mol. The summed E-state index contributed by atoms with van der Waals surface area (Å²) in [6.07, 6.45) is 1.57. The van der Waals surface area contributed by atoms with Crippen molar-refractivity contribution < 1.29 is 22.7 Å². The van der Waals surface area contributed by atoms with Crippen LogP contribution in [0.2, 0.25) is 0 Å². The van der Waals surface area contributed by atoms with E-state index in [1.807, 2.05) is 6.92 Å². The van der Waals surface area contributed by atoms with Gasteiger partial charge in [0.2, 0.25) is 11.8 Å². The van der Waals surface area contributed by atoms with Crippen LogP contribution in [0.1, 0.15) is 19.7 Å². The smallest absolute Gasteiger partial charge is 0.420 e. The van der Waals surface area contributed by atoms with Crippen LogP contribution in [0.15, 0.2) is 47.0 Å². The number of nitrogens with one attached hydrogen (secondary N) is 2. The minimum atomic E-state index is -3.79. The Balaban J connectivity index is 1.59. The van der Waals surface area contributed by atoms with Gasteiger partial charge in [0.15, 0.2) is 0 Å². The highest BCUT2D eigenvalue weighted by molar-refractivity contribution is 6.20. The highest BCUT2D eigenvalue weighted by Gasteiger charge is 2.49. The first-order chi connectivity index (χ1) is 14.7. The molecular formula is C20H18ClF2N5O3. The van der Waals surface area contributed by atoms with Gasteiger partial charge in [-0.25, -0.2) is 4.98 Å². The largest absolute Gasteiger partial charge is 0.487 e. The molecule has 1 saturated heterocycles. The van der Waals surface area contributed by atoms with Crippen molar-refractivity contribution in [2.24, 2.45) is 5.92 Å². The maximum atomic E-state index is 12.8. The molecule has 2 aromatic heterocycles. The van der Waals surface area contributed by atoms with Crippen molar-refractivity contribution in [3.05, 3.63) is 48.5 Å². The van der Waals surface area contributed by atoms with E-state index in [-0.39, 0.29) is 29.4 Å². The summed E-state index contributed by atoms with van der Waals surface area (Å²) in [7, 11) is 0. The number of ether oxygens (including phenoxy) is 1. The van der Waals surface area contributed by atoms with Gasteiger partial charge in [-0.15, -0.1) is 19.0 Å². The van der Waals surface area contributed by atoms with Gasteiger partial charge in [-0.2, -0.15) is 0 Å². The molecule has 1 aliphatic heterocycles. The van der Waals surface area contributed by atoms with Gasteiger partial charge in [0.05, 0.1) is 5.56 Å². The fraction of sp³-hybridized carbons (Fsp3) is 0.300. The molecule has 0 radical (unpaired) electrons. The zero-order valence-corrected chi connectivity index (χ0v) is 17.3. The van der Waals surface area contributed by atoms with Crippen molar-refractivity contribution in [3.8, 4) is 17.2 Å². The Morgan fingerprint density at radius 3 is 2.68 bits per heavy atom. The predicted octanol–water partition coefficient (Wildman–Crippen LogP) is 4.07. The van der Waals surface area contributed by atoms with Crippen LogP contribution in [-0.2, 0) is 10.2 Å². The number of rotatable bonds is 6. The van der Waals surface area contributed by atoms with Crippen molar-refractivity contribution in [1.82, 2.24) is 20.5 Å². The second-order valence-electron chi connectivity index (χ2n) is 7.32. The number of carbonyl (C=O) groups excluding carboxylic acids is 1. The Bertz CT molecular complexity index is 1100. The third kappa shape index (κ3) is 4.15. The first kappa shape index (κ1) is 21.0. The van der Waals surface area contributed by atoms with Gasteiger partial charge < -0.3 is 19.8 Å². The van der Waals surface area contributed by atoms with Gasteiger partial charge in [-0.05, 0) is 49.2 Å². The summed E-state index contributed by atoms with van der Waals surface area (Å²) in [6.45, 7) is 4.24. The number of halogens is 3. The minimum Gasteiger partial charge on any atom is -0.420 e. The van der Waals surface area contributed by atoms with E-state index in [0.717, 1.165) is 0 Å². The van der Waals surface area contributed by atoms with E-state index in [2.05, 4.69) is 30.6 Å². The normalized spacial score (nSPS) is 21.1. The lowest BCUT2D eigenvalue weighted by Gasteiger charge is -2.20. The summed E-state index contributed by atoms with van der Waals surface area (Å²) in [4.78, 5) is 16.6. The summed E-state index contributed by atoms with van der Waals surface area (Å²) in [5.41, 5.74) is -3.63. The molecule has 162 valence electrons. The van der Waals surface area contributed by atoms with Crippen LogP contribution < -0.4 is 15.4 Å². The number of benzene rings is 1. The molecule has 8 nitrogen and oxygen atoms in total. The number of carbonyl (C=O) groups is 1. The lowest BCUT2D eigenvalue weighted by atomic mass is 9.80. The molecule has 11 heteroatoms. The molecule has 0 spiro atoms. The van der Waals surface area contributed by atoms with Crippen molar-refractivity contribution in [2.75, 3.05) is 11.9 Å². The first-order valence-electron chi connectivity index (χ1n) is 9.37. The number of alkyl halides is 3. The monoisotopic (exact) mass is 449 g/mol. The lowest BCUT2D eigenvalue weighted by Crippen LogP contribution is -2.36. The van der Waals surface area contributed by atoms with Crippen molar-refractivity contribution in [1.29, 1.82) is 0 Å². The van der Waals surface area contributed by atoms with Crippen LogP contribution in [0.25, 0.3) is 11.5 Å². The van der Waals surface area contributed by atoms with E-state index in [1.165, 1.54) is 24.3 Å². The molecule has 3 aromatic rings. The van der Waals surface area contributed by atoms with Crippen molar-refractivity contribution in [2.45, 2.75) is 24.8 Å². The summed E-state index contributed by atoms with van der Waals surface area (Å²) in [6, 6.07) is 9.18. The summed E-state index contributed by atoms with van der Waals surface area (Å²) < 4.78 is 35.7. The Kier molecular flexibility index (Phi) is 5.26. The molecule has 1 amide bonds. The van der Waals surface area contributed by atoms with E-state index in [4.69, 9.17) is 16.0 Å². The summed E-state index contributed by atoms with van der Waals surface area (Å²) in [5, 5.41) is 14.1. The molecule has 2 N–H and O–H groups in total. The molecule has 0 saturated carbocycles. The third-order valence-electron chi connectivity index (χ3n) is 5.28. The fourth-order valence-electron chi connectivity index (χ4n) is 3.26. The summed E-state index contributed by atoms with van der Waals surface area (Å²) >= 11 is 4.77. The molecule has 31 heavy (non-hydrogen) atoms. The second kappa shape index (κ2) is 7.77. The fourth-order valence-corrected chi connectivity index (χ4v) is 3.35. The zero-order chi connectivity index (χ0) is 22.2. The molecular weight excluding hydrogens is 432 g/mol. The van der Waals surface area contributed by atoms with E-state index in [9.17, 15) is 13.6 Å². The van der Waals surface area contributed by atoms with E-state index in [0.29, 0.717) is 23.6 Å². The van der Waals surface area contributed by atoms with Crippen LogP contribution in [0.3, 0.4) is 0 Å². The molecule has 2 unspecified atom stereocenters. The maximum absolute atomic E-state index is 12.8. The Morgan fingerprint density at radius 1 is 1.29 bits per heavy atom. The number of nitrogens with zero attached hydrogens (tertiary/aromatic N) is 3. The van der Waals surface area contributed by atoms with Crippen molar-refractivity contribution >= 4 is 29.0 Å². The molecule has 0 aliphatic carbocycles. The molecule has 1 fully saturated rings. The maximum Gasteiger partial charge on any atom is 0.487 e. The van der Waals surface area contributed by atoms with Crippen LogP contribution >= 0.6 is 11.6 Å². The molecule has 2 atom stereocenters. The highest BCUT2D eigenvalue weighted by Crippen LogP contribution is 2.37. The molecule has 3 heterocycles. The number of aromatic nitrogens is 3. The first-order valence-corrected chi connectivity index (χ1v) is 9.75. The Morgan fingerprint density at radius 2 is 2.03 bits per heavy atom. The number of anilines is 2. The Hall–Kier alpha value is -3.27. The quantitative estimate of drug-likeness (QED) is 0.547. The van der Waals surface area contributed by atoms with Gasteiger partial charge in [0.25, 0.3) is 5.89 Å². The van der Waals surface area contributed by atoms with Gasteiger partial charge in [0, 0.05) is 30.0 Å². The highest BCUT2D eigenvalue weighted by atomic mass is 35.5. The lowest BCUT2D eigenvalue weighted by molar-refractivity contribution is -0.124. The number of amides is 1. The number of hydrogen-bond donors (Lipinski definition) is 2. The van der Waals surface area contributed by atoms with Gasteiger partial charge >= 0.3 is 5.57 Å². The average Bonchev–Trinajstić information content (AvgIpc) is 3.31. The minimum absolute atomic E-state index is 0.0131. The zero-order valence-electron chi connectivity index (χ0n) is 16.5. The standard InChI is InChI=1S/C20H18ClF2N5O3/c1-11-10-25-17(29)19(11,2)18-28-27-16(30-18)14-4-3-9-24-15(14)26-12-5-7-13(8-6-12)31-20(21,22)23/h3-9,11H,10H2,1-2H3,(H,24,26)(H,25,29). The van der Waals surface area contributed by atoms with E-state index in [1.54, 1.807) is 25.3 Å². The van der Waals surface area contributed by atoms with Crippen LogP contribution in [0.5, 0.6) is 5.75 Å². The van der Waals surface area contributed by atoms with Crippen LogP contribution in [0.4, 0.5) is 20.3 Å². The van der Waals surface area contributed by atoms with E-state index < -0.39 is 11.0 Å². The topological polar surface area (TPSA) is 102 Å². The number of hydrogen-bond acceptors (Lipinski definition) is 7. The van der Waals surface area contributed by atoms with Crippen LogP contribution in [0, 0.1) is 5.92 Å². The third-order valence-corrected chi connectivity index (χ3v) is 5.36. The van der Waals surface area contributed by atoms with Crippen LogP contribution in [-0.4, -0.2) is 33.2 Å². The molecule has 1 aromatic carbocycles. The van der Waals surface area contributed by atoms with E-state index >= 15 is 0 Å². The molecule has 0 bridgehead atoms. The molecule has 4 rings (SSSR count). The van der Waals surface area contributed by atoms with Gasteiger partial charge in [-0.3, -0.25) is 4.79 Å². The SMILES string of the molecule is CC1CNC(=O)C1(C)c1nnc(-c2cccnc2Nc2ccc(OC(F)(F)Cl)cc2)o1. The molecule has 1 aliphatic rings. The predicted molar refractivity (Wildman–Crippen MR) is 108 cm³/mol. The van der Waals surface area contributed by atoms with Gasteiger partial charge in [-0.1, -0.05) is 6.92 Å². The summed E-state index contributed by atoms with van der Waals surface area (Å²) in [5.74, 6) is 0.558. The number of pyridine rings is 1. The Labute approximate surface area is 181 Å². The van der Waals surface area contributed by atoms with Crippen molar-refractivity contribution in [3.63, 3.8) is 0 Å². The second-order valence-corrected chi connectivity index (χ2v) is 7.76.